The molecule has 0 radical (unpaired) electrons. The first kappa shape index (κ1) is 23.8. The lowest BCUT2D eigenvalue weighted by molar-refractivity contribution is -0.145. The molecule has 0 atom stereocenters. The quantitative estimate of drug-likeness (QED) is 0.513. The van der Waals surface area contributed by atoms with E-state index >= 15 is 0 Å². The van der Waals surface area contributed by atoms with E-state index in [9.17, 15) is 14.0 Å². The summed E-state index contributed by atoms with van der Waals surface area (Å²) in [5.41, 5.74) is 1.70. The number of rotatable bonds is 7. The highest BCUT2D eigenvalue weighted by atomic mass is 35.5. The number of fused-ring (bicyclic) bond motifs is 1. The summed E-state index contributed by atoms with van der Waals surface area (Å²) in [6.07, 6.45) is 1.29. The number of anilines is 2. The highest BCUT2D eigenvalue weighted by molar-refractivity contribution is 6.36. The topological polar surface area (TPSA) is 87.7 Å². The second-order valence-corrected chi connectivity index (χ2v) is 8.49. The molecule has 0 bridgehead atoms. The summed E-state index contributed by atoms with van der Waals surface area (Å²) in [4.78, 5) is 37.9. The summed E-state index contributed by atoms with van der Waals surface area (Å²) in [7, 11) is 1.99. The van der Waals surface area contributed by atoms with Gasteiger partial charge in [-0.2, -0.15) is 0 Å². The molecule has 178 valence electrons. The molecule has 0 spiro atoms. The van der Waals surface area contributed by atoms with Gasteiger partial charge in [0, 0.05) is 55.3 Å². The van der Waals surface area contributed by atoms with Crippen LogP contribution in [-0.2, 0) is 16.0 Å². The van der Waals surface area contributed by atoms with Crippen LogP contribution in [0.4, 0.5) is 15.9 Å². The number of halogens is 2. The Morgan fingerprint density at radius 2 is 1.91 bits per heavy atom. The molecule has 0 unspecified atom stereocenters. The van der Waals surface area contributed by atoms with Crippen molar-refractivity contribution >= 4 is 45.7 Å². The third-order valence-corrected chi connectivity index (χ3v) is 5.97. The van der Waals surface area contributed by atoms with Crippen LogP contribution in [0.25, 0.3) is 10.9 Å². The summed E-state index contributed by atoms with van der Waals surface area (Å²) in [5.74, 6) is -0.563. The molecule has 0 saturated carbocycles. The fourth-order valence-electron chi connectivity index (χ4n) is 3.80. The number of nitrogens with one attached hydrogen (secondary N) is 1. The monoisotopic (exact) mass is 485 g/mol. The first-order valence-corrected chi connectivity index (χ1v) is 11.4. The van der Waals surface area contributed by atoms with Crippen molar-refractivity contribution in [2.24, 2.45) is 0 Å². The maximum atomic E-state index is 13.5. The molecule has 1 saturated heterocycles. The number of ketones is 1. The number of hydrogen-bond donors (Lipinski definition) is 1. The molecule has 0 aliphatic carbocycles. The van der Waals surface area contributed by atoms with Gasteiger partial charge in [0.05, 0.1) is 17.1 Å². The van der Waals surface area contributed by atoms with Crippen molar-refractivity contribution in [2.45, 2.75) is 13.3 Å². The third-order valence-electron chi connectivity index (χ3n) is 5.68. The SMILES string of the molecule is CCOc1cc2ncnc(Nc3ccc(F)c(Cl)c3)c2cc1CC(=O)C(=O)N1CCN(C)CC1. The molecule has 10 heteroatoms. The van der Waals surface area contributed by atoms with E-state index in [2.05, 4.69) is 20.2 Å². The van der Waals surface area contributed by atoms with Crippen molar-refractivity contribution < 1.29 is 18.7 Å². The van der Waals surface area contributed by atoms with Crippen LogP contribution in [0.15, 0.2) is 36.7 Å². The molecule has 8 nitrogen and oxygen atoms in total. The van der Waals surface area contributed by atoms with Crippen molar-refractivity contribution in [3.8, 4) is 5.75 Å². The molecule has 1 aromatic heterocycles. The van der Waals surface area contributed by atoms with E-state index in [1.807, 2.05) is 14.0 Å². The molecule has 3 aromatic rings. The van der Waals surface area contributed by atoms with E-state index in [1.165, 1.54) is 18.5 Å². The fraction of sp³-hybridized carbons (Fsp3) is 0.333. The lowest BCUT2D eigenvalue weighted by atomic mass is 10.0. The minimum atomic E-state index is -0.521. The number of ether oxygens (including phenoxy) is 1. The van der Waals surface area contributed by atoms with Crippen LogP contribution in [0.2, 0.25) is 5.02 Å². The summed E-state index contributed by atoms with van der Waals surface area (Å²) in [6, 6.07) is 7.74. The van der Waals surface area contributed by atoms with Gasteiger partial charge >= 0.3 is 0 Å². The molecule has 2 heterocycles. The van der Waals surface area contributed by atoms with Gasteiger partial charge in [0.1, 0.15) is 23.7 Å². The predicted octanol–water partition coefficient (Wildman–Crippen LogP) is 3.45. The Kier molecular flexibility index (Phi) is 7.23. The average molecular weight is 486 g/mol. The molecule has 1 fully saturated rings. The van der Waals surface area contributed by atoms with Gasteiger partial charge in [-0.3, -0.25) is 9.59 Å². The van der Waals surface area contributed by atoms with Crippen LogP contribution in [0, 0.1) is 5.82 Å². The van der Waals surface area contributed by atoms with Gasteiger partial charge in [0.2, 0.25) is 5.78 Å². The normalized spacial score (nSPS) is 14.3. The first-order chi connectivity index (χ1) is 16.4. The number of nitrogens with zero attached hydrogens (tertiary/aromatic N) is 4. The summed E-state index contributed by atoms with van der Waals surface area (Å²) >= 11 is 5.90. The number of carbonyl (C=O) groups excluding carboxylic acids is 2. The number of likely N-dealkylation sites (N-methyl/N-ethyl adjacent to an activating group) is 1. The molecule has 1 aliphatic rings. The molecule has 1 aliphatic heterocycles. The second kappa shape index (κ2) is 10.3. The molecular formula is C24H25ClFN5O3. The first-order valence-electron chi connectivity index (χ1n) is 11.0. The summed E-state index contributed by atoms with van der Waals surface area (Å²) < 4.78 is 19.3. The van der Waals surface area contributed by atoms with Crippen molar-refractivity contribution in [3.05, 3.63) is 53.1 Å². The van der Waals surface area contributed by atoms with Crippen LogP contribution >= 0.6 is 11.6 Å². The van der Waals surface area contributed by atoms with E-state index in [0.717, 1.165) is 13.1 Å². The van der Waals surface area contributed by atoms with Gasteiger partial charge in [0.15, 0.2) is 0 Å². The van der Waals surface area contributed by atoms with Crippen LogP contribution in [-0.4, -0.2) is 71.3 Å². The number of carbonyl (C=O) groups is 2. The maximum absolute atomic E-state index is 13.5. The Bertz CT molecular complexity index is 1230. The minimum Gasteiger partial charge on any atom is -0.494 e. The fourth-order valence-corrected chi connectivity index (χ4v) is 3.98. The van der Waals surface area contributed by atoms with Gasteiger partial charge in [-0.15, -0.1) is 0 Å². The van der Waals surface area contributed by atoms with Crippen LogP contribution in [0.5, 0.6) is 5.75 Å². The second-order valence-electron chi connectivity index (χ2n) is 8.08. The molecule has 2 aromatic carbocycles. The molecular weight excluding hydrogens is 461 g/mol. The molecule has 1 amide bonds. The number of aromatic nitrogens is 2. The third kappa shape index (κ3) is 5.26. The zero-order chi connectivity index (χ0) is 24.2. The van der Waals surface area contributed by atoms with Crippen molar-refractivity contribution in [2.75, 3.05) is 45.2 Å². The van der Waals surface area contributed by atoms with Crippen LogP contribution in [0.1, 0.15) is 12.5 Å². The van der Waals surface area contributed by atoms with E-state index in [-0.39, 0.29) is 11.4 Å². The average Bonchev–Trinajstić information content (AvgIpc) is 2.82. The molecule has 34 heavy (non-hydrogen) atoms. The van der Waals surface area contributed by atoms with E-state index in [0.29, 0.717) is 53.4 Å². The Morgan fingerprint density at radius 1 is 1.15 bits per heavy atom. The number of hydrogen-bond acceptors (Lipinski definition) is 7. The van der Waals surface area contributed by atoms with Crippen molar-refractivity contribution in [3.63, 3.8) is 0 Å². The smallest absolute Gasteiger partial charge is 0.290 e. The Balaban J connectivity index is 1.64. The Hall–Kier alpha value is -3.30. The minimum absolute atomic E-state index is 0.0179. The standard InChI is InChI=1S/C24H25ClFN5O3/c1-3-34-22-13-20-17(23(28-14-27-20)29-16-4-5-19(26)18(25)12-16)10-15(22)11-21(32)24(33)31-8-6-30(2)7-9-31/h4-5,10,12-14H,3,6-9,11H2,1-2H3,(H,27,28,29). The van der Waals surface area contributed by atoms with Gasteiger partial charge < -0.3 is 19.9 Å². The zero-order valence-electron chi connectivity index (χ0n) is 19.0. The predicted molar refractivity (Wildman–Crippen MR) is 128 cm³/mol. The van der Waals surface area contributed by atoms with E-state index < -0.39 is 17.5 Å². The summed E-state index contributed by atoms with van der Waals surface area (Å²) in [6.45, 7) is 4.76. The van der Waals surface area contributed by atoms with Gasteiger partial charge in [0.25, 0.3) is 5.91 Å². The Morgan fingerprint density at radius 3 is 2.62 bits per heavy atom. The lowest BCUT2D eigenvalue weighted by Crippen LogP contribution is -2.49. The highest BCUT2D eigenvalue weighted by Crippen LogP contribution is 2.31. The number of Topliss-reactive ketones (excluding diaryl/α,β-unsaturated/α-hetero) is 1. The van der Waals surface area contributed by atoms with Crippen LogP contribution in [0.3, 0.4) is 0 Å². The van der Waals surface area contributed by atoms with E-state index in [4.69, 9.17) is 16.3 Å². The van der Waals surface area contributed by atoms with Gasteiger partial charge in [-0.25, -0.2) is 14.4 Å². The maximum Gasteiger partial charge on any atom is 0.290 e. The van der Waals surface area contributed by atoms with Gasteiger partial charge in [-0.1, -0.05) is 11.6 Å². The number of piperazine rings is 1. The number of benzene rings is 2. The van der Waals surface area contributed by atoms with Crippen molar-refractivity contribution in [1.82, 2.24) is 19.8 Å². The van der Waals surface area contributed by atoms with Crippen molar-refractivity contribution in [1.29, 1.82) is 0 Å². The molecule has 1 N–H and O–H groups in total. The highest BCUT2D eigenvalue weighted by Gasteiger charge is 2.26. The van der Waals surface area contributed by atoms with E-state index in [1.54, 1.807) is 23.1 Å². The zero-order valence-corrected chi connectivity index (χ0v) is 19.7. The number of amides is 1. The molecule has 4 rings (SSSR count). The Labute approximate surface area is 201 Å². The largest absolute Gasteiger partial charge is 0.494 e. The van der Waals surface area contributed by atoms with Crippen LogP contribution < -0.4 is 10.1 Å². The lowest BCUT2D eigenvalue weighted by Gasteiger charge is -2.31. The van der Waals surface area contributed by atoms with Gasteiger partial charge in [-0.05, 0) is 38.2 Å². The summed E-state index contributed by atoms with van der Waals surface area (Å²) in [5, 5.41) is 3.73.